The van der Waals surface area contributed by atoms with E-state index in [0.717, 1.165) is 51.4 Å². The lowest BCUT2D eigenvalue weighted by Crippen LogP contribution is -2.15. The van der Waals surface area contributed by atoms with Crippen molar-refractivity contribution in [2.24, 2.45) is 11.8 Å². The lowest BCUT2D eigenvalue weighted by Gasteiger charge is -2.20. The van der Waals surface area contributed by atoms with Gasteiger partial charge in [-0.15, -0.1) is 0 Å². The van der Waals surface area contributed by atoms with Crippen LogP contribution in [0.3, 0.4) is 0 Å². The summed E-state index contributed by atoms with van der Waals surface area (Å²) < 4.78 is 22.2. The van der Waals surface area contributed by atoms with Crippen LogP contribution in [0.5, 0.6) is 0 Å². The lowest BCUT2D eigenvalue weighted by molar-refractivity contribution is 0.110. The van der Waals surface area contributed by atoms with Crippen molar-refractivity contribution >= 4 is 7.82 Å². The van der Waals surface area contributed by atoms with Crippen molar-refractivity contribution in [2.45, 2.75) is 119 Å². The van der Waals surface area contributed by atoms with Crippen molar-refractivity contribution in [3.8, 4) is 0 Å². The zero-order chi connectivity index (χ0) is 23.1. The van der Waals surface area contributed by atoms with Gasteiger partial charge in [0.25, 0.3) is 0 Å². The van der Waals surface area contributed by atoms with E-state index in [9.17, 15) is 9.46 Å². The fourth-order valence-corrected chi connectivity index (χ4v) is 3.83. The molecule has 0 rings (SSSR count). The zero-order valence-electron chi connectivity index (χ0n) is 21.1. The highest BCUT2D eigenvalue weighted by atomic mass is 31.2. The van der Waals surface area contributed by atoms with Crippen molar-refractivity contribution in [1.82, 2.24) is 5.32 Å². The third kappa shape index (κ3) is 22.7. The summed E-state index contributed by atoms with van der Waals surface area (Å²) in [6.07, 6.45) is 13.8. The number of phosphoric ester groups is 1. The van der Waals surface area contributed by atoms with Crippen LogP contribution in [0.25, 0.3) is 0 Å². The molecule has 0 heterocycles. The van der Waals surface area contributed by atoms with E-state index in [2.05, 4.69) is 46.9 Å². The number of rotatable bonds is 20. The Labute approximate surface area is 188 Å². The Balaban J connectivity index is 0. The van der Waals surface area contributed by atoms with Crippen LogP contribution in [-0.4, -0.2) is 31.2 Å². The summed E-state index contributed by atoms with van der Waals surface area (Å²) in [5.41, 5.74) is 0. The normalized spacial score (nSPS) is 15.2. The summed E-state index contributed by atoms with van der Waals surface area (Å²) in [5, 5.41) is 3.39. The molecule has 30 heavy (non-hydrogen) atoms. The molecule has 0 aliphatic carbocycles. The van der Waals surface area contributed by atoms with Gasteiger partial charge in [-0.3, -0.25) is 9.05 Å². The molecule has 0 aromatic carbocycles. The minimum Gasteiger partial charge on any atom is -0.317 e. The van der Waals surface area contributed by atoms with Crippen LogP contribution in [0.1, 0.15) is 119 Å². The minimum absolute atomic E-state index is 0.316. The predicted molar refractivity (Wildman–Crippen MR) is 131 cm³/mol. The van der Waals surface area contributed by atoms with Gasteiger partial charge in [-0.2, -0.15) is 0 Å². The summed E-state index contributed by atoms with van der Waals surface area (Å²) >= 11 is 0. The van der Waals surface area contributed by atoms with Crippen LogP contribution in [0.15, 0.2) is 0 Å². The minimum atomic E-state index is -3.89. The molecule has 5 nitrogen and oxygen atoms in total. The fraction of sp³-hybridized carbons (Fsp3) is 1.00. The fourth-order valence-electron chi connectivity index (χ4n) is 2.96. The smallest absolute Gasteiger partial charge is 0.317 e. The van der Waals surface area contributed by atoms with Gasteiger partial charge in [-0.05, 0) is 50.6 Å². The molecule has 2 N–H and O–H groups in total. The van der Waals surface area contributed by atoms with Crippen molar-refractivity contribution in [3.63, 3.8) is 0 Å². The molecule has 0 fully saturated rings. The second-order valence-electron chi connectivity index (χ2n) is 8.35. The predicted octanol–water partition coefficient (Wildman–Crippen LogP) is 7.73. The average molecular weight is 452 g/mol. The van der Waals surface area contributed by atoms with Crippen molar-refractivity contribution in [3.05, 3.63) is 0 Å². The molecule has 0 aromatic heterocycles. The Hall–Kier alpha value is 0.0700. The molecule has 0 aromatic rings. The number of unbranched alkanes of at least 4 members (excludes halogenated alkanes) is 4. The SMILES string of the molecule is CCCCC(CC)COP(=O)(O)OCC(CC)CCCC.CCCCNCCCC. The highest BCUT2D eigenvalue weighted by Gasteiger charge is 2.24. The van der Waals surface area contributed by atoms with E-state index in [0.29, 0.717) is 25.0 Å². The van der Waals surface area contributed by atoms with Gasteiger partial charge >= 0.3 is 7.82 Å². The van der Waals surface area contributed by atoms with Crippen molar-refractivity contribution in [2.75, 3.05) is 26.3 Å². The van der Waals surface area contributed by atoms with Crippen molar-refractivity contribution < 1.29 is 18.5 Å². The van der Waals surface area contributed by atoms with Gasteiger partial charge in [-0.25, -0.2) is 4.57 Å². The summed E-state index contributed by atoms with van der Waals surface area (Å²) in [4.78, 5) is 9.77. The Morgan fingerprint density at radius 2 is 1.07 bits per heavy atom. The molecule has 2 unspecified atom stereocenters. The van der Waals surface area contributed by atoms with Gasteiger partial charge in [0.05, 0.1) is 13.2 Å². The Morgan fingerprint density at radius 3 is 1.37 bits per heavy atom. The molecule has 6 heteroatoms. The summed E-state index contributed by atoms with van der Waals surface area (Å²) in [6.45, 7) is 16.0. The quantitative estimate of drug-likeness (QED) is 0.146. The third-order valence-electron chi connectivity index (χ3n) is 5.45. The molecule has 2 atom stereocenters. The first kappa shape index (κ1) is 32.3. The Bertz CT molecular complexity index is 352. The number of hydrogen-bond acceptors (Lipinski definition) is 4. The van der Waals surface area contributed by atoms with E-state index in [1.807, 2.05) is 0 Å². The molecular weight excluding hydrogens is 397 g/mol. The Kier molecular flexibility index (Phi) is 25.5. The van der Waals surface area contributed by atoms with E-state index in [1.54, 1.807) is 0 Å². The summed E-state index contributed by atoms with van der Waals surface area (Å²) in [7, 11) is -3.89. The van der Waals surface area contributed by atoms with Crippen LogP contribution in [0, 0.1) is 11.8 Å². The molecule has 0 saturated carbocycles. The van der Waals surface area contributed by atoms with E-state index in [1.165, 1.54) is 38.8 Å². The molecule has 0 radical (unpaired) electrons. The molecule has 184 valence electrons. The largest absolute Gasteiger partial charge is 0.472 e. The first-order valence-corrected chi connectivity index (χ1v) is 14.2. The molecule has 0 aliphatic heterocycles. The average Bonchev–Trinajstić information content (AvgIpc) is 2.74. The molecular formula is C24H54NO4P. The standard InChI is InChI=1S/C16H35O4P.C8H19N/c1-5-9-11-15(7-3)13-19-21(17,18)20-14-16(8-4)12-10-6-2;1-3-5-7-9-8-6-4-2/h15-16H,5-14H2,1-4H3,(H,17,18);9H,3-8H2,1-2H3. The second kappa shape index (κ2) is 23.7. The van der Waals surface area contributed by atoms with Crippen LogP contribution in [-0.2, 0) is 13.6 Å². The highest BCUT2D eigenvalue weighted by Crippen LogP contribution is 2.44. The van der Waals surface area contributed by atoms with E-state index >= 15 is 0 Å². The molecule has 0 aliphatic rings. The second-order valence-corrected chi connectivity index (χ2v) is 9.80. The van der Waals surface area contributed by atoms with Crippen LogP contribution in [0.4, 0.5) is 0 Å². The number of hydrogen-bond donors (Lipinski definition) is 2. The summed E-state index contributed by atoms with van der Waals surface area (Å²) in [5.74, 6) is 0.687. The molecule has 0 spiro atoms. The van der Waals surface area contributed by atoms with E-state index in [4.69, 9.17) is 9.05 Å². The lowest BCUT2D eigenvalue weighted by atomic mass is 10.0. The van der Waals surface area contributed by atoms with Gasteiger partial charge in [0, 0.05) is 0 Å². The maximum atomic E-state index is 11.9. The monoisotopic (exact) mass is 451 g/mol. The molecule has 0 amide bonds. The van der Waals surface area contributed by atoms with Crippen LogP contribution < -0.4 is 5.32 Å². The topological polar surface area (TPSA) is 67.8 Å². The van der Waals surface area contributed by atoms with Crippen LogP contribution >= 0.6 is 7.82 Å². The third-order valence-corrected chi connectivity index (χ3v) is 6.40. The van der Waals surface area contributed by atoms with Gasteiger partial charge < -0.3 is 10.2 Å². The molecule has 0 bridgehead atoms. The zero-order valence-corrected chi connectivity index (χ0v) is 22.0. The maximum absolute atomic E-state index is 11.9. The van der Waals surface area contributed by atoms with Gasteiger partial charge in [-0.1, -0.05) is 92.9 Å². The van der Waals surface area contributed by atoms with Gasteiger partial charge in [0.1, 0.15) is 0 Å². The van der Waals surface area contributed by atoms with E-state index in [-0.39, 0.29) is 0 Å². The number of phosphoric acid groups is 1. The van der Waals surface area contributed by atoms with Gasteiger partial charge in [0.2, 0.25) is 0 Å². The van der Waals surface area contributed by atoms with Crippen molar-refractivity contribution in [1.29, 1.82) is 0 Å². The van der Waals surface area contributed by atoms with Crippen LogP contribution in [0.2, 0.25) is 0 Å². The highest BCUT2D eigenvalue weighted by molar-refractivity contribution is 7.47. The summed E-state index contributed by atoms with van der Waals surface area (Å²) in [6, 6.07) is 0. The van der Waals surface area contributed by atoms with E-state index < -0.39 is 7.82 Å². The molecule has 0 saturated heterocycles. The maximum Gasteiger partial charge on any atom is 0.472 e. The number of nitrogens with one attached hydrogen (secondary N) is 1. The van der Waals surface area contributed by atoms with Gasteiger partial charge in [0.15, 0.2) is 0 Å². The Morgan fingerprint density at radius 1 is 0.700 bits per heavy atom. The first-order chi connectivity index (χ1) is 14.4. The first-order valence-electron chi connectivity index (χ1n) is 12.7.